The highest BCUT2D eigenvalue weighted by atomic mass is 35.5. The highest BCUT2D eigenvalue weighted by Crippen LogP contribution is 2.33. The van der Waals surface area contributed by atoms with Crippen LogP contribution in [0.3, 0.4) is 0 Å². The van der Waals surface area contributed by atoms with Crippen molar-refractivity contribution in [3.05, 3.63) is 64.4 Å². The van der Waals surface area contributed by atoms with Gasteiger partial charge in [-0.05, 0) is 35.9 Å². The predicted molar refractivity (Wildman–Crippen MR) is 74.1 cm³/mol. The molecule has 0 saturated carbocycles. The standard InChI is InChI=1S/C14H9ClF4N2/c15-12-5-4-10(14(17,18)19)7-13(12)21-20-8-9-2-1-3-11(16)6-9/h1-8,21H/b20-8+. The Morgan fingerprint density at radius 3 is 2.52 bits per heavy atom. The van der Waals surface area contributed by atoms with E-state index in [4.69, 9.17) is 11.6 Å². The normalized spacial score (nSPS) is 11.9. The minimum Gasteiger partial charge on any atom is -0.277 e. The first-order chi connectivity index (χ1) is 9.86. The molecule has 0 aliphatic heterocycles. The summed E-state index contributed by atoms with van der Waals surface area (Å²) in [6, 6.07) is 8.46. The summed E-state index contributed by atoms with van der Waals surface area (Å²) in [7, 11) is 0. The van der Waals surface area contributed by atoms with Crippen LogP contribution in [-0.4, -0.2) is 6.21 Å². The molecule has 2 aromatic carbocycles. The first-order valence-corrected chi connectivity index (χ1v) is 6.15. The first kappa shape index (κ1) is 15.3. The van der Waals surface area contributed by atoms with Crippen molar-refractivity contribution in [1.29, 1.82) is 0 Å². The van der Waals surface area contributed by atoms with Crippen LogP contribution >= 0.6 is 11.6 Å². The maximum atomic E-state index is 12.9. The number of hydrogen-bond acceptors (Lipinski definition) is 2. The molecule has 0 amide bonds. The second kappa shape index (κ2) is 6.13. The lowest BCUT2D eigenvalue weighted by Gasteiger charge is -2.09. The van der Waals surface area contributed by atoms with Crippen molar-refractivity contribution in [3.8, 4) is 0 Å². The highest BCUT2D eigenvalue weighted by molar-refractivity contribution is 6.33. The second-order valence-corrected chi connectivity index (χ2v) is 4.52. The summed E-state index contributed by atoms with van der Waals surface area (Å²) < 4.78 is 50.7. The van der Waals surface area contributed by atoms with Crippen LogP contribution in [0.25, 0.3) is 0 Å². The molecule has 2 aromatic rings. The number of hydrogen-bond donors (Lipinski definition) is 1. The number of halogens is 5. The van der Waals surface area contributed by atoms with Crippen molar-refractivity contribution in [2.24, 2.45) is 5.10 Å². The molecule has 1 N–H and O–H groups in total. The van der Waals surface area contributed by atoms with Gasteiger partial charge in [-0.15, -0.1) is 0 Å². The Balaban J connectivity index is 2.16. The topological polar surface area (TPSA) is 24.4 Å². The maximum absolute atomic E-state index is 12.9. The Bertz CT molecular complexity index is 668. The summed E-state index contributed by atoms with van der Waals surface area (Å²) >= 11 is 5.79. The molecule has 2 rings (SSSR count). The number of hydrazone groups is 1. The Kier molecular flexibility index (Phi) is 4.47. The van der Waals surface area contributed by atoms with Crippen LogP contribution in [0.5, 0.6) is 0 Å². The molecule has 0 spiro atoms. The molecule has 0 aliphatic rings. The third-order valence-electron chi connectivity index (χ3n) is 2.54. The van der Waals surface area contributed by atoms with Gasteiger partial charge in [0, 0.05) is 0 Å². The molecule has 0 radical (unpaired) electrons. The molecule has 2 nitrogen and oxygen atoms in total. The van der Waals surface area contributed by atoms with Crippen LogP contribution in [-0.2, 0) is 6.18 Å². The Hall–Kier alpha value is -2.08. The quantitative estimate of drug-likeness (QED) is 0.484. The molecule has 110 valence electrons. The van der Waals surface area contributed by atoms with Crippen LogP contribution in [0, 0.1) is 5.82 Å². The van der Waals surface area contributed by atoms with Gasteiger partial charge in [-0.25, -0.2) is 4.39 Å². The SMILES string of the molecule is Fc1cccc(/C=N/Nc2cc(C(F)(F)F)ccc2Cl)c1. The van der Waals surface area contributed by atoms with Gasteiger partial charge >= 0.3 is 6.18 Å². The second-order valence-electron chi connectivity index (χ2n) is 4.12. The molecule has 7 heteroatoms. The number of benzene rings is 2. The molecule has 0 fully saturated rings. The lowest BCUT2D eigenvalue weighted by atomic mass is 10.2. The van der Waals surface area contributed by atoms with Crippen molar-refractivity contribution < 1.29 is 17.6 Å². The van der Waals surface area contributed by atoms with Gasteiger partial charge in [0.1, 0.15) is 5.82 Å². The molecule has 0 aliphatic carbocycles. The van der Waals surface area contributed by atoms with E-state index in [0.717, 1.165) is 18.2 Å². The molecule has 0 heterocycles. The fourth-order valence-corrected chi connectivity index (χ4v) is 1.71. The summed E-state index contributed by atoms with van der Waals surface area (Å²) in [4.78, 5) is 0. The van der Waals surface area contributed by atoms with Gasteiger partial charge in [-0.3, -0.25) is 5.43 Å². The number of anilines is 1. The van der Waals surface area contributed by atoms with Crippen molar-refractivity contribution in [3.63, 3.8) is 0 Å². The van der Waals surface area contributed by atoms with Gasteiger partial charge in [-0.2, -0.15) is 18.3 Å². The average molecular weight is 317 g/mol. The van der Waals surface area contributed by atoms with Crippen molar-refractivity contribution in [2.75, 3.05) is 5.43 Å². The smallest absolute Gasteiger partial charge is 0.277 e. The van der Waals surface area contributed by atoms with Crippen LogP contribution in [0.15, 0.2) is 47.6 Å². The van der Waals surface area contributed by atoms with Gasteiger partial charge in [0.25, 0.3) is 0 Å². The van der Waals surface area contributed by atoms with Gasteiger partial charge < -0.3 is 0 Å². The summed E-state index contributed by atoms with van der Waals surface area (Å²) in [6.45, 7) is 0. The summed E-state index contributed by atoms with van der Waals surface area (Å²) in [5, 5.41) is 3.84. The van der Waals surface area contributed by atoms with Gasteiger partial charge in [0.15, 0.2) is 0 Å². The van der Waals surface area contributed by atoms with Gasteiger partial charge in [-0.1, -0.05) is 23.7 Å². The summed E-state index contributed by atoms with van der Waals surface area (Å²) in [6.07, 6.45) is -3.19. The molecular formula is C14H9ClF4N2. The third kappa shape index (κ3) is 4.19. The van der Waals surface area contributed by atoms with Crippen LogP contribution < -0.4 is 5.43 Å². The van der Waals surface area contributed by atoms with E-state index >= 15 is 0 Å². The van der Waals surface area contributed by atoms with Crippen molar-refractivity contribution in [2.45, 2.75) is 6.18 Å². The molecule has 21 heavy (non-hydrogen) atoms. The Labute approximate surface area is 123 Å². The van der Waals surface area contributed by atoms with Gasteiger partial charge in [0.05, 0.1) is 22.5 Å². The maximum Gasteiger partial charge on any atom is 0.416 e. The van der Waals surface area contributed by atoms with E-state index in [-0.39, 0.29) is 10.7 Å². The lowest BCUT2D eigenvalue weighted by molar-refractivity contribution is -0.137. The van der Waals surface area contributed by atoms with Crippen LogP contribution in [0.2, 0.25) is 5.02 Å². The van der Waals surface area contributed by atoms with E-state index < -0.39 is 17.6 Å². The molecular weight excluding hydrogens is 308 g/mol. The summed E-state index contributed by atoms with van der Waals surface area (Å²) in [5.74, 6) is -0.434. The fourth-order valence-electron chi connectivity index (χ4n) is 1.55. The molecule has 0 bridgehead atoms. The van der Waals surface area contributed by atoms with E-state index in [1.54, 1.807) is 6.07 Å². The Morgan fingerprint density at radius 2 is 1.86 bits per heavy atom. The minimum atomic E-state index is -4.46. The number of nitrogens with one attached hydrogen (secondary N) is 1. The molecule has 0 unspecified atom stereocenters. The van der Waals surface area contributed by atoms with Crippen molar-refractivity contribution in [1.82, 2.24) is 0 Å². The molecule has 0 aromatic heterocycles. The summed E-state index contributed by atoms with van der Waals surface area (Å²) in [5.41, 5.74) is 2.05. The van der Waals surface area contributed by atoms with E-state index in [0.29, 0.717) is 5.56 Å². The first-order valence-electron chi connectivity index (χ1n) is 5.77. The lowest BCUT2D eigenvalue weighted by Crippen LogP contribution is -2.05. The van der Waals surface area contributed by atoms with Gasteiger partial charge in [0.2, 0.25) is 0 Å². The van der Waals surface area contributed by atoms with Crippen LogP contribution in [0.4, 0.5) is 23.2 Å². The zero-order valence-corrected chi connectivity index (χ0v) is 11.2. The van der Waals surface area contributed by atoms with E-state index in [9.17, 15) is 17.6 Å². The van der Waals surface area contributed by atoms with Crippen molar-refractivity contribution >= 4 is 23.5 Å². The number of rotatable bonds is 3. The van der Waals surface area contributed by atoms with E-state index in [2.05, 4.69) is 10.5 Å². The molecule has 0 saturated heterocycles. The number of alkyl halides is 3. The van der Waals surface area contributed by atoms with E-state index in [1.807, 2.05) is 0 Å². The number of nitrogens with zero attached hydrogens (tertiary/aromatic N) is 1. The monoisotopic (exact) mass is 316 g/mol. The van der Waals surface area contributed by atoms with E-state index in [1.165, 1.54) is 24.4 Å². The predicted octanol–water partition coefficient (Wildman–Crippen LogP) is 4.94. The zero-order valence-electron chi connectivity index (χ0n) is 10.5. The van der Waals surface area contributed by atoms with Crippen LogP contribution in [0.1, 0.15) is 11.1 Å². The minimum absolute atomic E-state index is 0.0131. The highest BCUT2D eigenvalue weighted by Gasteiger charge is 2.30. The molecule has 0 atom stereocenters. The largest absolute Gasteiger partial charge is 0.416 e. The zero-order chi connectivity index (χ0) is 15.5. The Morgan fingerprint density at radius 1 is 1.10 bits per heavy atom. The third-order valence-corrected chi connectivity index (χ3v) is 2.87. The average Bonchev–Trinajstić information content (AvgIpc) is 2.39. The fraction of sp³-hybridized carbons (Fsp3) is 0.0714.